The van der Waals surface area contributed by atoms with Crippen LogP contribution in [0.5, 0.6) is 0 Å². The number of allylic oxidation sites excluding steroid dienone is 1. The van der Waals surface area contributed by atoms with Gasteiger partial charge in [-0.25, -0.2) is 0 Å². The Labute approximate surface area is 180 Å². The van der Waals surface area contributed by atoms with Crippen LogP contribution in [0.15, 0.2) is 36.4 Å². The van der Waals surface area contributed by atoms with Gasteiger partial charge in [-0.15, -0.1) is 0 Å². The predicted molar refractivity (Wildman–Crippen MR) is 120 cm³/mol. The molecular weight excluding hydrogens is 411 g/mol. The van der Waals surface area contributed by atoms with Crippen LogP contribution in [0.25, 0.3) is 22.7 Å². The standard InChI is InChI=1S/C23H21Cl3N2/c1-13(14-3-6-18(25)19(26)9-14)12-28-20-7-4-15(24)10-17(20)23-21-8-5-16(27(21)2)11-22(23)28/h3-4,6-7,9-10,12,16,21H,5,8,11H2,1-2H3/b13-12+. The van der Waals surface area contributed by atoms with E-state index < -0.39 is 0 Å². The summed E-state index contributed by atoms with van der Waals surface area (Å²) in [5.41, 5.74) is 6.32. The van der Waals surface area contributed by atoms with Gasteiger partial charge in [-0.3, -0.25) is 4.90 Å². The highest BCUT2D eigenvalue weighted by molar-refractivity contribution is 6.42. The molecule has 2 aliphatic rings. The van der Waals surface area contributed by atoms with Gasteiger partial charge >= 0.3 is 0 Å². The van der Waals surface area contributed by atoms with Crippen molar-refractivity contribution >= 4 is 57.5 Å². The summed E-state index contributed by atoms with van der Waals surface area (Å²) in [6, 6.07) is 13.2. The Hall–Kier alpha value is -1.45. The molecule has 2 unspecified atom stereocenters. The van der Waals surface area contributed by atoms with Crippen molar-refractivity contribution < 1.29 is 0 Å². The maximum absolute atomic E-state index is 6.38. The summed E-state index contributed by atoms with van der Waals surface area (Å²) in [6.45, 7) is 2.12. The average molecular weight is 432 g/mol. The first-order valence-electron chi connectivity index (χ1n) is 9.62. The summed E-state index contributed by atoms with van der Waals surface area (Å²) < 4.78 is 2.37. The summed E-state index contributed by atoms with van der Waals surface area (Å²) in [5.74, 6) is 0. The first-order chi connectivity index (χ1) is 13.4. The van der Waals surface area contributed by atoms with Crippen LogP contribution in [-0.2, 0) is 6.42 Å². The Morgan fingerprint density at radius 1 is 1.04 bits per heavy atom. The smallest absolute Gasteiger partial charge is 0.0598 e. The number of aromatic nitrogens is 1. The number of hydrogen-bond acceptors (Lipinski definition) is 1. The van der Waals surface area contributed by atoms with Gasteiger partial charge in [-0.2, -0.15) is 0 Å². The second-order valence-corrected chi connectivity index (χ2v) is 9.20. The van der Waals surface area contributed by atoms with E-state index in [9.17, 15) is 0 Å². The predicted octanol–water partition coefficient (Wildman–Crippen LogP) is 7.31. The number of likely N-dealkylation sites (N-methyl/N-ethyl adjacent to an activating group) is 1. The van der Waals surface area contributed by atoms with E-state index in [-0.39, 0.29) is 0 Å². The van der Waals surface area contributed by atoms with Crippen LogP contribution in [0.2, 0.25) is 15.1 Å². The van der Waals surface area contributed by atoms with Crippen molar-refractivity contribution in [1.29, 1.82) is 0 Å². The summed E-state index contributed by atoms with van der Waals surface area (Å²) in [6.07, 6.45) is 5.78. The Bertz CT molecular complexity index is 1130. The van der Waals surface area contributed by atoms with Crippen molar-refractivity contribution in [2.45, 2.75) is 38.3 Å². The van der Waals surface area contributed by atoms with Gasteiger partial charge in [0.2, 0.25) is 0 Å². The zero-order valence-corrected chi connectivity index (χ0v) is 18.1. The van der Waals surface area contributed by atoms with E-state index >= 15 is 0 Å². The van der Waals surface area contributed by atoms with E-state index in [4.69, 9.17) is 34.8 Å². The first-order valence-corrected chi connectivity index (χ1v) is 10.8. The molecule has 0 spiro atoms. The van der Waals surface area contributed by atoms with Gasteiger partial charge in [0, 0.05) is 40.8 Å². The molecule has 3 heterocycles. The molecule has 2 atom stereocenters. The summed E-state index contributed by atoms with van der Waals surface area (Å²) in [4.78, 5) is 2.54. The molecule has 3 aromatic rings. The topological polar surface area (TPSA) is 8.17 Å². The Balaban J connectivity index is 1.72. The molecular formula is C23H21Cl3N2. The zero-order chi connectivity index (χ0) is 19.6. The van der Waals surface area contributed by atoms with E-state index in [2.05, 4.69) is 41.8 Å². The van der Waals surface area contributed by atoms with Gasteiger partial charge in [-0.1, -0.05) is 40.9 Å². The van der Waals surface area contributed by atoms with Gasteiger partial charge in [0.25, 0.3) is 0 Å². The second kappa shape index (κ2) is 6.81. The Kier molecular flexibility index (Phi) is 4.52. The molecule has 2 bridgehead atoms. The quantitative estimate of drug-likeness (QED) is 0.413. The molecule has 1 aromatic heterocycles. The number of nitrogens with zero attached hydrogens (tertiary/aromatic N) is 2. The van der Waals surface area contributed by atoms with E-state index in [1.165, 1.54) is 35.0 Å². The molecule has 2 aromatic carbocycles. The first kappa shape index (κ1) is 18.6. The highest BCUT2D eigenvalue weighted by atomic mass is 35.5. The largest absolute Gasteiger partial charge is 0.320 e. The molecule has 1 fully saturated rings. The Morgan fingerprint density at radius 3 is 2.64 bits per heavy atom. The van der Waals surface area contributed by atoms with Gasteiger partial charge < -0.3 is 4.57 Å². The van der Waals surface area contributed by atoms with Crippen LogP contribution < -0.4 is 0 Å². The van der Waals surface area contributed by atoms with Gasteiger partial charge in [0.05, 0.1) is 15.6 Å². The minimum atomic E-state index is 0.481. The third kappa shape index (κ3) is 2.81. The van der Waals surface area contributed by atoms with E-state index in [0.717, 1.165) is 22.6 Å². The van der Waals surface area contributed by atoms with Crippen molar-refractivity contribution in [2.24, 2.45) is 0 Å². The minimum absolute atomic E-state index is 0.481. The minimum Gasteiger partial charge on any atom is -0.320 e. The number of rotatable bonds is 2. The molecule has 2 nitrogen and oxygen atoms in total. The molecule has 144 valence electrons. The molecule has 0 radical (unpaired) electrons. The van der Waals surface area contributed by atoms with E-state index in [1.54, 1.807) is 0 Å². The molecule has 1 saturated heterocycles. The lowest BCUT2D eigenvalue weighted by atomic mass is 9.97. The molecule has 0 amide bonds. The number of hydrogen-bond donors (Lipinski definition) is 0. The molecule has 5 heteroatoms. The lowest BCUT2D eigenvalue weighted by Gasteiger charge is -2.32. The molecule has 2 aliphatic heterocycles. The van der Waals surface area contributed by atoms with Gasteiger partial charge in [0.1, 0.15) is 0 Å². The fraction of sp³-hybridized carbons (Fsp3) is 0.304. The normalized spacial score (nSPS) is 22.1. The van der Waals surface area contributed by atoms with Crippen LogP contribution in [-0.4, -0.2) is 22.6 Å². The number of benzene rings is 2. The lowest BCUT2D eigenvalue weighted by molar-refractivity contribution is 0.223. The third-order valence-corrected chi connectivity index (χ3v) is 7.38. The van der Waals surface area contributed by atoms with Crippen molar-refractivity contribution in [3.05, 3.63) is 68.3 Å². The van der Waals surface area contributed by atoms with Gasteiger partial charge in [0.15, 0.2) is 0 Å². The lowest BCUT2D eigenvalue weighted by Crippen LogP contribution is -2.34. The molecule has 0 N–H and O–H groups in total. The maximum Gasteiger partial charge on any atom is 0.0598 e. The van der Waals surface area contributed by atoms with Gasteiger partial charge in [-0.05, 0) is 73.8 Å². The van der Waals surface area contributed by atoms with Crippen LogP contribution in [0.1, 0.15) is 42.6 Å². The van der Waals surface area contributed by atoms with Crippen LogP contribution in [0.4, 0.5) is 0 Å². The van der Waals surface area contributed by atoms with Crippen LogP contribution in [0.3, 0.4) is 0 Å². The van der Waals surface area contributed by atoms with Crippen LogP contribution in [0, 0.1) is 0 Å². The number of halogens is 3. The average Bonchev–Trinajstić information content (AvgIpc) is 3.07. The Morgan fingerprint density at radius 2 is 1.86 bits per heavy atom. The molecule has 5 rings (SSSR count). The summed E-state index contributed by atoms with van der Waals surface area (Å²) in [7, 11) is 2.26. The molecule has 28 heavy (non-hydrogen) atoms. The van der Waals surface area contributed by atoms with E-state index in [0.29, 0.717) is 22.1 Å². The molecule has 0 aliphatic carbocycles. The van der Waals surface area contributed by atoms with Crippen molar-refractivity contribution in [1.82, 2.24) is 9.47 Å². The highest BCUT2D eigenvalue weighted by Gasteiger charge is 2.40. The molecule has 0 saturated carbocycles. The third-order valence-electron chi connectivity index (χ3n) is 6.41. The monoisotopic (exact) mass is 430 g/mol. The second-order valence-electron chi connectivity index (χ2n) is 7.95. The van der Waals surface area contributed by atoms with E-state index in [1.807, 2.05) is 24.3 Å². The maximum atomic E-state index is 6.38. The van der Waals surface area contributed by atoms with Crippen molar-refractivity contribution in [2.75, 3.05) is 7.05 Å². The zero-order valence-electron chi connectivity index (χ0n) is 15.8. The van der Waals surface area contributed by atoms with Crippen molar-refractivity contribution in [3.63, 3.8) is 0 Å². The van der Waals surface area contributed by atoms with Crippen molar-refractivity contribution in [3.8, 4) is 0 Å². The SMILES string of the molecule is C/C(=C\n1c2c(c3cc(Cl)ccc31)C1CCC(C2)N1C)c1ccc(Cl)c(Cl)c1. The number of fused-ring (bicyclic) bond motifs is 6. The van der Waals surface area contributed by atoms with Crippen LogP contribution >= 0.6 is 34.8 Å². The summed E-state index contributed by atoms with van der Waals surface area (Å²) >= 11 is 18.7. The highest BCUT2D eigenvalue weighted by Crippen LogP contribution is 2.47. The fourth-order valence-electron chi connectivity index (χ4n) is 4.93. The summed E-state index contributed by atoms with van der Waals surface area (Å²) in [5, 5.41) is 3.23. The fourth-order valence-corrected chi connectivity index (χ4v) is 5.40.